The van der Waals surface area contributed by atoms with Crippen LogP contribution < -0.4 is 0 Å². The van der Waals surface area contributed by atoms with Crippen molar-refractivity contribution in [2.75, 3.05) is 0 Å². The van der Waals surface area contributed by atoms with Crippen molar-refractivity contribution in [3.8, 4) is 11.1 Å². The van der Waals surface area contributed by atoms with Crippen molar-refractivity contribution in [1.82, 2.24) is 4.98 Å². The zero-order chi connectivity index (χ0) is 16.0. The maximum absolute atomic E-state index is 6.30. The molecule has 0 atom stereocenters. The molecule has 2 heteroatoms. The van der Waals surface area contributed by atoms with E-state index in [4.69, 9.17) is 4.42 Å². The second kappa shape index (κ2) is 5.24. The SMILES string of the molecule is Cc1ccc(-c2cccc3c2oc2c(C(C)C)nccc23)cc1. The smallest absolute Gasteiger partial charge is 0.157 e. The molecule has 0 saturated carbocycles. The third kappa shape index (κ3) is 2.22. The number of aromatic nitrogens is 1. The third-order valence-corrected chi connectivity index (χ3v) is 4.35. The number of hydrogen-bond donors (Lipinski definition) is 0. The van der Waals surface area contributed by atoms with Gasteiger partial charge in [-0.25, -0.2) is 0 Å². The lowest BCUT2D eigenvalue weighted by Crippen LogP contribution is -1.91. The molecule has 2 aromatic heterocycles. The molecular weight excluding hydrogens is 282 g/mol. The van der Waals surface area contributed by atoms with Crippen molar-refractivity contribution in [1.29, 1.82) is 0 Å². The molecule has 0 saturated heterocycles. The minimum Gasteiger partial charge on any atom is -0.453 e. The van der Waals surface area contributed by atoms with Crippen molar-refractivity contribution in [3.05, 3.63) is 66.0 Å². The molecule has 0 aliphatic carbocycles. The highest BCUT2D eigenvalue weighted by Crippen LogP contribution is 2.37. The fourth-order valence-electron chi connectivity index (χ4n) is 3.12. The number of nitrogens with zero attached hydrogens (tertiary/aromatic N) is 1. The highest BCUT2D eigenvalue weighted by molar-refractivity contribution is 6.10. The van der Waals surface area contributed by atoms with Gasteiger partial charge in [-0.1, -0.05) is 61.9 Å². The molecule has 0 unspecified atom stereocenters. The van der Waals surface area contributed by atoms with Crippen LogP contribution in [0.5, 0.6) is 0 Å². The number of benzene rings is 2. The average Bonchev–Trinajstić information content (AvgIpc) is 2.94. The summed E-state index contributed by atoms with van der Waals surface area (Å²) in [6.07, 6.45) is 1.88. The minimum absolute atomic E-state index is 0.335. The van der Waals surface area contributed by atoms with Gasteiger partial charge >= 0.3 is 0 Å². The molecule has 4 rings (SSSR count). The second-order valence-corrected chi connectivity index (χ2v) is 6.38. The van der Waals surface area contributed by atoms with Gasteiger partial charge in [-0.2, -0.15) is 0 Å². The van der Waals surface area contributed by atoms with Gasteiger partial charge < -0.3 is 4.42 Å². The maximum Gasteiger partial charge on any atom is 0.157 e. The van der Waals surface area contributed by atoms with E-state index in [1.165, 1.54) is 11.1 Å². The topological polar surface area (TPSA) is 26.0 Å². The Kier molecular flexibility index (Phi) is 3.19. The molecule has 0 radical (unpaired) electrons. The number of pyridine rings is 1. The highest BCUT2D eigenvalue weighted by Gasteiger charge is 2.16. The van der Waals surface area contributed by atoms with Crippen molar-refractivity contribution < 1.29 is 4.42 Å². The Morgan fingerprint density at radius 1 is 0.870 bits per heavy atom. The third-order valence-electron chi connectivity index (χ3n) is 4.35. The summed E-state index contributed by atoms with van der Waals surface area (Å²) in [6.45, 7) is 6.40. The summed E-state index contributed by atoms with van der Waals surface area (Å²) in [5.41, 5.74) is 6.46. The molecule has 0 aliphatic rings. The summed E-state index contributed by atoms with van der Waals surface area (Å²) in [6, 6.07) is 17.0. The van der Waals surface area contributed by atoms with Gasteiger partial charge in [-0.15, -0.1) is 0 Å². The lowest BCUT2D eigenvalue weighted by atomic mass is 10.0. The molecule has 2 heterocycles. The van der Waals surface area contributed by atoms with E-state index >= 15 is 0 Å². The Labute approximate surface area is 135 Å². The fraction of sp³-hybridized carbons (Fsp3) is 0.190. The summed E-state index contributed by atoms with van der Waals surface area (Å²) in [4.78, 5) is 4.52. The van der Waals surface area contributed by atoms with Crippen LogP contribution >= 0.6 is 0 Å². The maximum atomic E-state index is 6.30. The van der Waals surface area contributed by atoms with Crippen LogP contribution in [0, 0.1) is 6.92 Å². The largest absolute Gasteiger partial charge is 0.453 e. The molecular formula is C21H19NO. The van der Waals surface area contributed by atoms with Crippen LogP contribution in [0.3, 0.4) is 0 Å². The van der Waals surface area contributed by atoms with Gasteiger partial charge in [0.1, 0.15) is 5.58 Å². The van der Waals surface area contributed by atoms with Crippen molar-refractivity contribution in [3.63, 3.8) is 0 Å². The van der Waals surface area contributed by atoms with Crippen molar-refractivity contribution in [2.24, 2.45) is 0 Å². The molecule has 23 heavy (non-hydrogen) atoms. The van der Waals surface area contributed by atoms with Crippen LogP contribution in [0.15, 0.2) is 59.1 Å². The summed E-state index contributed by atoms with van der Waals surface area (Å²) in [5, 5.41) is 2.30. The minimum atomic E-state index is 0.335. The van der Waals surface area contributed by atoms with Gasteiger partial charge in [-0.3, -0.25) is 4.98 Å². The van der Waals surface area contributed by atoms with Gasteiger partial charge in [0.05, 0.1) is 5.69 Å². The Morgan fingerprint density at radius 3 is 2.35 bits per heavy atom. The molecule has 0 fully saturated rings. The quantitative estimate of drug-likeness (QED) is 0.448. The van der Waals surface area contributed by atoms with E-state index in [0.29, 0.717) is 5.92 Å². The van der Waals surface area contributed by atoms with Crippen LogP contribution in [0.25, 0.3) is 33.1 Å². The van der Waals surface area contributed by atoms with E-state index in [0.717, 1.165) is 33.2 Å². The molecule has 4 aromatic rings. The molecule has 2 aromatic carbocycles. The number of para-hydroxylation sites is 1. The zero-order valence-corrected chi connectivity index (χ0v) is 13.6. The molecule has 0 aliphatic heterocycles. The van der Waals surface area contributed by atoms with E-state index in [2.05, 4.69) is 68.2 Å². The van der Waals surface area contributed by atoms with Crippen molar-refractivity contribution >= 4 is 21.9 Å². The van der Waals surface area contributed by atoms with Crippen molar-refractivity contribution in [2.45, 2.75) is 26.7 Å². The Hall–Kier alpha value is -2.61. The lowest BCUT2D eigenvalue weighted by molar-refractivity contribution is 0.651. The van der Waals surface area contributed by atoms with E-state index < -0.39 is 0 Å². The van der Waals surface area contributed by atoms with E-state index in [-0.39, 0.29) is 0 Å². The fourth-order valence-corrected chi connectivity index (χ4v) is 3.12. The van der Waals surface area contributed by atoms with Crippen LogP contribution in [0.2, 0.25) is 0 Å². The van der Waals surface area contributed by atoms with E-state index in [9.17, 15) is 0 Å². The molecule has 0 spiro atoms. The second-order valence-electron chi connectivity index (χ2n) is 6.38. The Morgan fingerprint density at radius 2 is 1.61 bits per heavy atom. The predicted molar refractivity (Wildman–Crippen MR) is 95.8 cm³/mol. The Balaban J connectivity index is 2.06. The summed E-state index contributed by atoms with van der Waals surface area (Å²) in [7, 11) is 0. The van der Waals surface area contributed by atoms with E-state index in [1.54, 1.807) is 0 Å². The van der Waals surface area contributed by atoms with Crippen LogP contribution in [-0.2, 0) is 0 Å². The first kappa shape index (κ1) is 14.0. The summed E-state index contributed by atoms with van der Waals surface area (Å²) >= 11 is 0. The number of aryl methyl sites for hydroxylation is 1. The number of fused-ring (bicyclic) bond motifs is 3. The normalized spacial score (nSPS) is 11.7. The standard InChI is InChI=1S/C21H19NO/c1-13(2)19-21-18(11-12-22-19)17-6-4-5-16(20(17)23-21)15-9-7-14(3)8-10-15/h4-13H,1-3H3. The molecule has 0 N–H and O–H groups in total. The predicted octanol–water partition coefficient (Wildman–Crippen LogP) is 6.08. The average molecular weight is 301 g/mol. The van der Waals surface area contributed by atoms with Gasteiger partial charge in [0.15, 0.2) is 5.58 Å². The van der Waals surface area contributed by atoms with Gasteiger partial charge in [0, 0.05) is 22.5 Å². The molecule has 0 bridgehead atoms. The van der Waals surface area contributed by atoms with Crippen LogP contribution in [0.4, 0.5) is 0 Å². The first-order valence-corrected chi connectivity index (χ1v) is 8.02. The van der Waals surface area contributed by atoms with Gasteiger partial charge in [0.25, 0.3) is 0 Å². The first-order chi connectivity index (χ1) is 11.1. The summed E-state index contributed by atoms with van der Waals surface area (Å²) < 4.78 is 6.30. The van der Waals surface area contributed by atoms with Crippen LogP contribution in [0.1, 0.15) is 31.0 Å². The zero-order valence-electron chi connectivity index (χ0n) is 13.6. The molecule has 0 amide bonds. The first-order valence-electron chi connectivity index (χ1n) is 8.02. The van der Waals surface area contributed by atoms with Crippen LogP contribution in [-0.4, -0.2) is 4.98 Å². The van der Waals surface area contributed by atoms with Gasteiger partial charge in [-0.05, 0) is 24.5 Å². The monoisotopic (exact) mass is 301 g/mol. The van der Waals surface area contributed by atoms with Gasteiger partial charge in [0.2, 0.25) is 0 Å². The lowest BCUT2D eigenvalue weighted by Gasteiger charge is -2.03. The number of furan rings is 1. The molecule has 114 valence electrons. The number of hydrogen-bond acceptors (Lipinski definition) is 2. The number of rotatable bonds is 2. The highest BCUT2D eigenvalue weighted by atomic mass is 16.3. The van der Waals surface area contributed by atoms with E-state index in [1.807, 2.05) is 12.3 Å². The molecule has 2 nitrogen and oxygen atoms in total. The Bertz CT molecular complexity index is 994. The summed E-state index contributed by atoms with van der Waals surface area (Å²) in [5.74, 6) is 0.335.